The highest BCUT2D eigenvalue weighted by Crippen LogP contribution is 2.36. The van der Waals surface area contributed by atoms with E-state index in [9.17, 15) is 24.0 Å². The maximum Gasteiger partial charge on any atom is 0.166 e. The van der Waals surface area contributed by atoms with Gasteiger partial charge in [-0.3, -0.25) is 48.5 Å². The van der Waals surface area contributed by atoms with E-state index in [2.05, 4.69) is 0 Å². The molecule has 0 aromatic heterocycles. The normalized spacial score (nSPS) is 25.0. The standard InChI is InChI=1S/C45H85N5O5/c1-36(2,3)46-26-31(51)42(18,19)48(38(7,8)9)28-33(53)44(22,23)50(40(13,14)15)30-35(55)45(24,25)49(39(10,11)12)29-34(54)43(20,21)47(37(4,5)6)27-32(52)41(46,16)17/h26-30H2,1-25H3. The van der Waals surface area contributed by atoms with Gasteiger partial charge in [0.1, 0.15) is 0 Å². The SMILES string of the molecule is CC(C)(C)N1CC(=O)C(C)(C)N(C(C)(C)C)CC(=O)C(C)(C)N(C(C)(C)C)CC(=O)C(C)(C)N(C(C)(C)C)CC(=O)C(C)(C)N(C(C)(C)C)CC(=O)C1(C)C. The Morgan fingerprint density at radius 1 is 0.273 bits per heavy atom. The zero-order chi connectivity index (χ0) is 44.3. The lowest BCUT2D eigenvalue weighted by molar-refractivity contribution is -0.152. The minimum Gasteiger partial charge on any atom is -0.296 e. The van der Waals surface area contributed by atoms with Gasteiger partial charge in [-0.2, -0.15) is 0 Å². The molecule has 0 spiro atoms. The molecule has 0 aromatic carbocycles. The molecule has 0 radical (unpaired) electrons. The zero-order valence-corrected chi connectivity index (χ0v) is 40.3. The molecule has 1 aliphatic heterocycles. The highest BCUT2D eigenvalue weighted by Gasteiger charge is 2.53. The van der Waals surface area contributed by atoms with E-state index in [0.717, 1.165) is 0 Å². The number of Topliss-reactive ketones (excluding diaryl/α,β-unsaturated/α-hetero) is 5. The number of ketones is 5. The molecule has 1 rings (SSSR count). The van der Waals surface area contributed by atoms with Gasteiger partial charge in [0.2, 0.25) is 0 Å². The van der Waals surface area contributed by atoms with Crippen LogP contribution >= 0.6 is 0 Å². The van der Waals surface area contributed by atoms with Crippen LogP contribution < -0.4 is 0 Å². The largest absolute Gasteiger partial charge is 0.296 e. The second kappa shape index (κ2) is 15.7. The number of rotatable bonds is 0. The van der Waals surface area contributed by atoms with Gasteiger partial charge < -0.3 is 0 Å². The fourth-order valence-corrected chi connectivity index (χ4v) is 8.80. The summed E-state index contributed by atoms with van der Waals surface area (Å²) in [5, 5.41) is 0. The lowest BCUT2D eigenvalue weighted by Crippen LogP contribution is -2.70. The van der Waals surface area contributed by atoms with E-state index in [4.69, 9.17) is 0 Å². The third kappa shape index (κ3) is 11.2. The number of carbonyl (C=O) groups excluding carboxylic acids is 5. The second-order valence-electron chi connectivity index (χ2n) is 23.7. The van der Waals surface area contributed by atoms with Crippen molar-refractivity contribution in [3.05, 3.63) is 0 Å². The van der Waals surface area contributed by atoms with Crippen molar-refractivity contribution in [1.82, 2.24) is 24.5 Å². The molecule has 1 saturated heterocycles. The van der Waals surface area contributed by atoms with E-state index in [-0.39, 0.29) is 61.6 Å². The summed E-state index contributed by atoms with van der Waals surface area (Å²) in [7, 11) is 0. The minimum absolute atomic E-state index is 0.0323. The fraction of sp³-hybridized carbons (Fsp3) is 0.889. The van der Waals surface area contributed by atoms with Crippen molar-refractivity contribution in [1.29, 1.82) is 0 Å². The minimum atomic E-state index is -1.11. The summed E-state index contributed by atoms with van der Waals surface area (Å²) in [6.07, 6.45) is 0. The number of hydrogen-bond acceptors (Lipinski definition) is 10. The predicted molar refractivity (Wildman–Crippen MR) is 228 cm³/mol. The van der Waals surface area contributed by atoms with Crippen molar-refractivity contribution in [3.63, 3.8) is 0 Å². The van der Waals surface area contributed by atoms with Gasteiger partial charge in [-0.1, -0.05) is 0 Å². The molecule has 0 bridgehead atoms. The van der Waals surface area contributed by atoms with Crippen LogP contribution in [0.25, 0.3) is 0 Å². The van der Waals surface area contributed by atoms with Crippen molar-refractivity contribution in [3.8, 4) is 0 Å². The Morgan fingerprint density at radius 2 is 0.364 bits per heavy atom. The fourth-order valence-electron chi connectivity index (χ4n) is 8.80. The van der Waals surface area contributed by atoms with Crippen molar-refractivity contribution >= 4 is 28.9 Å². The molecule has 0 amide bonds. The summed E-state index contributed by atoms with van der Waals surface area (Å²) >= 11 is 0. The molecule has 1 fully saturated rings. The summed E-state index contributed by atoms with van der Waals surface area (Å²) in [5.74, 6) is -0.587. The Labute approximate surface area is 337 Å². The van der Waals surface area contributed by atoms with Crippen molar-refractivity contribution in [2.24, 2.45) is 0 Å². The molecular weight excluding hydrogens is 691 g/mol. The molecule has 0 aromatic rings. The van der Waals surface area contributed by atoms with Gasteiger partial charge in [-0.05, 0) is 173 Å². The Hall–Kier alpha value is -1.85. The average molecular weight is 776 g/mol. The average Bonchev–Trinajstić information content (AvgIpc) is 2.93. The lowest BCUT2D eigenvalue weighted by atomic mass is 9.82. The summed E-state index contributed by atoms with van der Waals surface area (Å²) in [4.78, 5) is 83.8. The van der Waals surface area contributed by atoms with E-state index >= 15 is 0 Å². The lowest BCUT2D eigenvalue weighted by Gasteiger charge is -2.53. The Morgan fingerprint density at radius 3 is 0.436 bits per heavy atom. The van der Waals surface area contributed by atoms with Crippen LogP contribution in [0.5, 0.6) is 0 Å². The smallest absolute Gasteiger partial charge is 0.166 e. The summed E-state index contributed by atoms with van der Waals surface area (Å²) in [6, 6.07) is 0. The number of nitrogens with zero attached hydrogens (tertiary/aromatic N) is 5. The maximum atomic E-state index is 14.8. The Bertz CT molecular complexity index is 1200. The van der Waals surface area contributed by atoms with Crippen LogP contribution in [-0.2, 0) is 24.0 Å². The van der Waals surface area contributed by atoms with Crippen LogP contribution in [0, 0.1) is 0 Å². The van der Waals surface area contributed by atoms with Crippen LogP contribution in [0.3, 0.4) is 0 Å². The van der Waals surface area contributed by atoms with Gasteiger partial charge in [0.25, 0.3) is 0 Å². The molecule has 1 heterocycles. The maximum absolute atomic E-state index is 14.8. The second-order valence-corrected chi connectivity index (χ2v) is 23.7. The number of hydrogen-bond donors (Lipinski definition) is 0. The first-order valence-corrected chi connectivity index (χ1v) is 20.4. The molecular formula is C45H85N5O5. The molecule has 55 heavy (non-hydrogen) atoms. The molecule has 0 saturated carbocycles. The predicted octanol–water partition coefficient (Wildman–Crippen LogP) is 7.24. The molecule has 10 heteroatoms. The first kappa shape index (κ1) is 51.2. The monoisotopic (exact) mass is 776 g/mol. The summed E-state index contributed by atoms with van der Waals surface area (Å²) in [6.45, 7) is 48.6. The topological polar surface area (TPSA) is 102 Å². The van der Waals surface area contributed by atoms with Crippen LogP contribution in [-0.4, -0.2) is 142 Å². The molecule has 0 aliphatic carbocycles. The molecule has 1 aliphatic rings. The third-order valence-corrected chi connectivity index (χ3v) is 12.3. The van der Waals surface area contributed by atoms with Crippen LogP contribution in [0.2, 0.25) is 0 Å². The van der Waals surface area contributed by atoms with Crippen LogP contribution in [0.4, 0.5) is 0 Å². The van der Waals surface area contributed by atoms with Gasteiger partial charge in [0.05, 0.1) is 60.4 Å². The van der Waals surface area contributed by atoms with Crippen molar-refractivity contribution in [2.75, 3.05) is 32.7 Å². The summed E-state index contributed by atoms with van der Waals surface area (Å²) < 4.78 is 0. The molecule has 320 valence electrons. The molecule has 0 atom stereocenters. The summed E-state index contributed by atoms with van der Waals surface area (Å²) in [5.41, 5.74) is -8.54. The first-order valence-electron chi connectivity index (χ1n) is 20.4. The van der Waals surface area contributed by atoms with E-state index in [1.807, 2.05) is 198 Å². The van der Waals surface area contributed by atoms with Crippen LogP contribution in [0.15, 0.2) is 0 Å². The van der Waals surface area contributed by atoms with Gasteiger partial charge in [0.15, 0.2) is 28.9 Å². The quantitative estimate of drug-likeness (QED) is 0.250. The molecule has 10 nitrogen and oxygen atoms in total. The van der Waals surface area contributed by atoms with Crippen molar-refractivity contribution < 1.29 is 24.0 Å². The van der Waals surface area contributed by atoms with Crippen molar-refractivity contribution in [2.45, 2.75) is 228 Å². The van der Waals surface area contributed by atoms with E-state index in [1.165, 1.54) is 0 Å². The molecule has 0 unspecified atom stereocenters. The zero-order valence-electron chi connectivity index (χ0n) is 40.3. The first-order chi connectivity index (χ1) is 23.8. The van der Waals surface area contributed by atoms with Gasteiger partial charge >= 0.3 is 0 Å². The number of carbonyl (C=O) groups is 5. The third-order valence-electron chi connectivity index (χ3n) is 12.3. The Kier molecular flexibility index (Phi) is 14.6. The van der Waals surface area contributed by atoms with E-state index in [1.54, 1.807) is 0 Å². The van der Waals surface area contributed by atoms with E-state index in [0.29, 0.717) is 0 Å². The van der Waals surface area contributed by atoms with Gasteiger partial charge in [0, 0.05) is 27.7 Å². The highest BCUT2D eigenvalue weighted by molar-refractivity contribution is 5.97. The van der Waals surface area contributed by atoms with Gasteiger partial charge in [-0.15, -0.1) is 0 Å². The molecule has 0 N–H and O–H groups in total. The highest BCUT2D eigenvalue weighted by atomic mass is 16.2. The van der Waals surface area contributed by atoms with E-state index < -0.39 is 55.4 Å². The van der Waals surface area contributed by atoms with Crippen LogP contribution in [0.1, 0.15) is 173 Å². The Balaban J connectivity index is 4.36. The van der Waals surface area contributed by atoms with Gasteiger partial charge in [-0.25, -0.2) is 0 Å².